The van der Waals surface area contributed by atoms with Gasteiger partial charge >= 0.3 is 0 Å². The van der Waals surface area contributed by atoms with Gasteiger partial charge in [0, 0.05) is 27.9 Å². The van der Waals surface area contributed by atoms with E-state index in [0.717, 1.165) is 23.3 Å². The zero-order chi connectivity index (χ0) is 14.1. The second kappa shape index (κ2) is 5.56. The molecule has 0 saturated carbocycles. The van der Waals surface area contributed by atoms with Crippen LogP contribution in [0.5, 0.6) is 0 Å². The van der Waals surface area contributed by atoms with Crippen LogP contribution in [0.3, 0.4) is 0 Å². The van der Waals surface area contributed by atoms with Crippen molar-refractivity contribution < 1.29 is 0 Å². The molecule has 3 nitrogen and oxygen atoms in total. The molecule has 2 aromatic heterocycles. The Labute approximate surface area is 130 Å². The normalized spacial score (nSPS) is 10.9. The van der Waals surface area contributed by atoms with E-state index in [2.05, 4.69) is 15.3 Å². The van der Waals surface area contributed by atoms with Crippen molar-refractivity contribution in [2.75, 3.05) is 11.9 Å². The van der Waals surface area contributed by atoms with Crippen molar-refractivity contribution >= 4 is 51.3 Å². The van der Waals surface area contributed by atoms with Crippen molar-refractivity contribution in [1.29, 1.82) is 0 Å². The number of nitrogens with zero attached hydrogens (tertiary/aromatic N) is 2. The monoisotopic (exact) mass is 323 g/mol. The van der Waals surface area contributed by atoms with Gasteiger partial charge in [-0.2, -0.15) is 11.3 Å². The second-order valence-electron chi connectivity index (χ2n) is 4.22. The van der Waals surface area contributed by atoms with E-state index in [1.165, 1.54) is 0 Å². The summed E-state index contributed by atoms with van der Waals surface area (Å²) in [6.45, 7) is 2.78. The minimum Gasteiger partial charge on any atom is -0.370 e. The molecule has 1 N–H and O–H groups in total. The highest BCUT2D eigenvalue weighted by molar-refractivity contribution is 7.08. The molecule has 1 aromatic carbocycles. The van der Waals surface area contributed by atoms with Crippen LogP contribution in [0.15, 0.2) is 29.0 Å². The molecule has 0 amide bonds. The molecule has 0 aliphatic rings. The summed E-state index contributed by atoms with van der Waals surface area (Å²) in [7, 11) is 0. The Bertz CT molecular complexity index is 757. The molecule has 0 aliphatic heterocycles. The van der Waals surface area contributed by atoms with Gasteiger partial charge in [0.15, 0.2) is 5.82 Å². The Hall–Kier alpha value is -1.36. The predicted octanol–water partition coefficient (Wildman–Crippen LogP) is 5.10. The molecule has 0 saturated heterocycles. The number of aromatic nitrogens is 2. The zero-order valence-electron chi connectivity index (χ0n) is 10.7. The molecule has 2 heterocycles. The number of rotatable bonds is 3. The molecule has 0 unspecified atom stereocenters. The van der Waals surface area contributed by atoms with Crippen LogP contribution < -0.4 is 5.32 Å². The van der Waals surface area contributed by atoms with Crippen molar-refractivity contribution in [2.45, 2.75) is 6.92 Å². The van der Waals surface area contributed by atoms with Crippen LogP contribution in [0.2, 0.25) is 10.0 Å². The first-order chi connectivity index (χ1) is 9.69. The van der Waals surface area contributed by atoms with Gasteiger partial charge in [0.05, 0.1) is 10.5 Å². The van der Waals surface area contributed by atoms with Gasteiger partial charge in [-0.3, -0.25) is 0 Å². The van der Waals surface area contributed by atoms with Gasteiger partial charge in [-0.05, 0) is 30.5 Å². The van der Waals surface area contributed by atoms with E-state index >= 15 is 0 Å². The van der Waals surface area contributed by atoms with E-state index in [9.17, 15) is 0 Å². The van der Waals surface area contributed by atoms with E-state index in [4.69, 9.17) is 23.2 Å². The highest BCUT2D eigenvalue weighted by Crippen LogP contribution is 2.32. The largest absolute Gasteiger partial charge is 0.370 e. The summed E-state index contributed by atoms with van der Waals surface area (Å²) in [5, 5.41) is 9.20. The van der Waals surface area contributed by atoms with Gasteiger partial charge in [0.2, 0.25) is 0 Å². The molecule has 0 radical (unpaired) electrons. The van der Waals surface area contributed by atoms with Crippen LogP contribution in [0, 0.1) is 0 Å². The first-order valence-electron chi connectivity index (χ1n) is 6.12. The lowest BCUT2D eigenvalue weighted by Crippen LogP contribution is -2.03. The highest BCUT2D eigenvalue weighted by atomic mass is 35.5. The molecule has 0 bridgehead atoms. The lowest BCUT2D eigenvalue weighted by atomic mass is 10.2. The molecule has 0 fully saturated rings. The highest BCUT2D eigenvalue weighted by Gasteiger charge is 2.12. The molecule has 3 aromatic rings. The quantitative estimate of drug-likeness (QED) is 0.728. The third-order valence-corrected chi connectivity index (χ3v) is 4.03. The summed E-state index contributed by atoms with van der Waals surface area (Å²) >= 11 is 13.9. The third kappa shape index (κ3) is 2.46. The van der Waals surface area contributed by atoms with Gasteiger partial charge in [-0.15, -0.1) is 0 Å². The molecule has 6 heteroatoms. The molecular formula is C14H11Cl2N3S. The number of halogens is 2. The maximum absolute atomic E-state index is 6.27. The maximum atomic E-state index is 6.27. The first-order valence-corrected chi connectivity index (χ1v) is 7.82. The maximum Gasteiger partial charge on any atom is 0.163 e. The van der Waals surface area contributed by atoms with Gasteiger partial charge in [0.1, 0.15) is 5.82 Å². The van der Waals surface area contributed by atoms with Crippen molar-refractivity contribution in [2.24, 2.45) is 0 Å². The second-order valence-corrected chi connectivity index (χ2v) is 5.85. The zero-order valence-corrected chi connectivity index (χ0v) is 13.0. The number of hydrogen-bond acceptors (Lipinski definition) is 4. The van der Waals surface area contributed by atoms with Gasteiger partial charge in [0.25, 0.3) is 0 Å². The molecule has 20 heavy (non-hydrogen) atoms. The van der Waals surface area contributed by atoms with E-state index in [-0.39, 0.29) is 0 Å². The Kier molecular flexibility index (Phi) is 3.78. The number of nitrogens with one attached hydrogen (secondary N) is 1. The fourth-order valence-electron chi connectivity index (χ4n) is 1.98. The minimum absolute atomic E-state index is 0.533. The molecule has 102 valence electrons. The van der Waals surface area contributed by atoms with Crippen LogP contribution in [-0.2, 0) is 0 Å². The Morgan fingerprint density at radius 2 is 2.10 bits per heavy atom. The summed E-state index contributed by atoms with van der Waals surface area (Å²) in [5.41, 5.74) is 1.70. The van der Waals surface area contributed by atoms with Crippen LogP contribution in [0.4, 0.5) is 5.82 Å². The number of hydrogen-bond donors (Lipinski definition) is 1. The van der Waals surface area contributed by atoms with Gasteiger partial charge < -0.3 is 5.32 Å². The summed E-state index contributed by atoms with van der Waals surface area (Å²) in [5.74, 6) is 1.42. The predicted molar refractivity (Wildman–Crippen MR) is 87.0 cm³/mol. The lowest BCUT2D eigenvalue weighted by Gasteiger charge is -2.10. The van der Waals surface area contributed by atoms with Crippen molar-refractivity contribution in [3.8, 4) is 11.4 Å². The van der Waals surface area contributed by atoms with Gasteiger partial charge in [-0.25, -0.2) is 9.97 Å². The lowest BCUT2D eigenvalue weighted by molar-refractivity contribution is 1.15. The third-order valence-electron chi connectivity index (χ3n) is 2.84. The fourth-order valence-corrected chi connectivity index (χ4v) is 3.15. The van der Waals surface area contributed by atoms with E-state index < -0.39 is 0 Å². The molecule has 0 atom stereocenters. The van der Waals surface area contributed by atoms with Crippen LogP contribution >= 0.6 is 34.5 Å². The average Bonchev–Trinajstić information content (AvgIpc) is 2.93. The minimum atomic E-state index is 0.533. The van der Waals surface area contributed by atoms with E-state index in [1.807, 2.05) is 29.8 Å². The SMILES string of the molecule is CCNc1nc(-c2ccsc2)nc2c(Cl)cc(Cl)cc12. The van der Waals surface area contributed by atoms with E-state index in [0.29, 0.717) is 21.4 Å². The standard InChI is InChI=1S/C14H11Cl2N3S/c1-2-17-14-10-5-9(15)6-11(16)12(10)18-13(19-14)8-3-4-20-7-8/h3-7H,2H2,1H3,(H,17,18,19). The van der Waals surface area contributed by atoms with Crippen LogP contribution in [-0.4, -0.2) is 16.5 Å². The number of thiophene rings is 1. The summed E-state index contributed by atoms with van der Waals surface area (Å²) in [6.07, 6.45) is 0. The van der Waals surface area contributed by atoms with Crippen molar-refractivity contribution in [3.63, 3.8) is 0 Å². The first kappa shape index (κ1) is 13.6. The van der Waals surface area contributed by atoms with E-state index in [1.54, 1.807) is 17.4 Å². The molecule has 0 spiro atoms. The summed E-state index contributed by atoms with van der Waals surface area (Å²) < 4.78 is 0. The fraction of sp³-hybridized carbons (Fsp3) is 0.143. The molecular weight excluding hydrogens is 313 g/mol. The van der Waals surface area contributed by atoms with Crippen LogP contribution in [0.1, 0.15) is 6.92 Å². The van der Waals surface area contributed by atoms with Crippen LogP contribution in [0.25, 0.3) is 22.3 Å². The Morgan fingerprint density at radius 1 is 1.25 bits per heavy atom. The van der Waals surface area contributed by atoms with Gasteiger partial charge in [-0.1, -0.05) is 23.2 Å². The Morgan fingerprint density at radius 3 is 2.80 bits per heavy atom. The summed E-state index contributed by atoms with van der Waals surface area (Å²) in [6, 6.07) is 5.52. The van der Waals surface area contributed by atoms with Crippen molar-refractivity contribution in [1.82, 2.24) is 9.97 Å². The van der Waals surface area contributed by atoms with Crippen molar-refractivity contribution in [3.05, 3.63) is 39.0 Å². The smallest absolute Gasteiger partial charge is 0.163 e. The topological polar surface area (TPSA) is 37.8 Å². The molecule has 3 rings (SSSR count). The molecule has 0 aliphatic carbocycles. The number of fused-ring (bicyclic) bond motifs is 1. The Balaban J connectivity index is 2.30. The summed E-state index contributed by atoms with van der Waals surface area (Å²) in [4.78, 5) is 9.15. The number of benzene rings is 1. The number of anilines is 1. The average molecular weight is 324 g/mol.